The number of halogens is 2. The summed E-state index contributed by atoms with van der Waals surface area (Å²) < 4.78 is 6.61. The van der Waals surface area contributed by atoms with Crippen LogP contribution in [0, 0.1) is 3.57 Å². The van der Waals surface area contributed by atoms with Crippen LogP contribution in [0.3, 0.4) is 0 Å². The topological polar surface area (TPSA) is 51.0 Å². The first-order chi connectivity index (χ1) is 8.85. The van der Waals surface area contributed by atoms with E-state index in [4.69, 9.17) is 16.0 Å². The molecule has 0 fully saturated rings. The predicted molar refractivity (Wildman–Crippen MR) is 84.1 cm³/mol. The summed E-state index contributed by atoms with van der Waals surface area (Å²) in [4.78, 5) is 0. The Bertz CT molecular complexity index is 578. The first-order valence-electron chi connectivity index (χ1n) is 5.88. The van der Waals surface area contributed by atoms with Gasteiger partial charge in [0.25, 0.3) is 0 Å². The SMILES string of the molecule is CC(C)(C)NCc1nnc(-c2ccc(I)c(Cl)c2)o1. The third-order valence-corrected chi connectivity index (χ3v) is 3.98. The minimum atomic E-state index is 0.0147. The maximum atomic E-state index is 6.08. The maximum absolute atomic E-state index is 6.08. The van der Waals surface area contributed by atoms with E-state index in [-0.39, 0.29) is 5.54 Å². The molecule has 0 radical (unpaired) electrons. The van der Waals surface area contributed by atoms with Crippen molar-refractivity contribution in [3.05, 3.63) is 32.7 Å². The molecule has 0 atom stereocenters. The van der Waals surface area contributed by atoms with E-state index in [1.165, 1.54) is 0 Å². The van der Waals surface area contributed by atoms with Crippen LogP contribution >= 0.6 is 34.2 Å². The lowest BCUT2D eigenvalue weighted by molar-refractivity contribution is 0.383. The Hall–Kier alpha value is -0.660. The zero-order chi connectivity index (χ0) is 14.0. The van der Waals surface area contributed by atoms with E-state index in [1.54, 1.807) is 0 Å². The average molecular weight is 392 g/mol. The molecule has 1 aromatic carbocycles. The molecular weight excluding hydrogens is 377 g/mol. The highest BCUT2D eigenvalue weighted by Crippen LogP contribution is 2.25. The predicted octanol–water partition coefficient (Wildman–Crippen LogP) is 3.88. The molecule has 0 unspecified atom stereocenters. The number of hydrogen-bond donors (Lipinski definition) is 1. The minimum absolute atomic E-state index is 0.0147. The molecule has 2 rings (SSSR count). The smallest absolute Gasteiger partial charge is 0.247 e. The van der Waals surface area contributed by atoms with Crippen LogP contribution in [-0.4, -0.2) is 15.7 Å². The summed E-state index contributed by atoms with van der Waals surface area (Å²) in [6, 6.07) is 5.68. The van der Waals surface area contributed by atoms with Crippen molar-refractivity contribution >= 4 is 34.2 Å². The maximum Gasteiger partial charge on any atom is 0.247 e. The fourth-order valence-electron chi connectivity index (χ4n) is 1.41. The molecule has 0 spiro atoms. The lowest BCUT2D eigenvalue weighted by Crippen LogP contribution is -2.35. The van der Waals surface area contributed by atoms with Gasteiger partial charge in [-0.15, -0.1) is 10.2 Å². The van der Waals surface area contributed by atoms with Crippen molar-refractivity contribution in [3.8, 4) is 11.5 Å². The second-order valence-electron chi connectivity index (χ2n) is 5.23. The fraction of sp³-hybridized carbons (Fsp3) is 0.385. The highest BCUT2D eigenvalue weighted by molar-refractivity contribution is 14.1. The van der Waals surface area contributed by atoms with Crippen molar-refractivity contribution in [3.63, 3.8) is 0 Å². The third kappa shape index (κ3) is 4.15. The Kier molecular flexibility index (Phi) is 4.47. The normalized spacial score (nSPS) is 11.8. The lowest BCUT2D eigenvalue weighted by Gasteiger charge is -2.18. The van der Waals surface area contributed by atoms with Crippen LogP contribution in [0.25, 0.3) is 11.5 Å². The molecule has 102 valence electrons. The zero-order valence-electron chi connectivity index (χ0n) is 11.0. The van der Waals surface area contributed by atoms with Crippen molar-refractivity contribution < 1.29 is 4.42 Å². The van der Waals surface area contributed by atoms with E-state index in [9.17, 15) is 0 Å². The van der Waals surface area contributed by atoms with Gasteiger partial charge in [0.1, 0.15) is 0 Å². The van der Waals surface area contributed by atoms with Crippen molar-refractivity contribution in [2.75, 3.05) is 0 Å². The lowest BCUT2D eigenvalue weighted by atomic mass is 10.1. The average Bonchev–Trinajstić information content (AvgIpc) is 2.78. The summed E-state index contributed by atoms with van der Waals surface area (Å²) in [5, 5.41) is 12.0. The highest BCUT2D eigenvalue weighted by Gasteiger charge is 2.13. The summed E-state index contributed by atoms with van der Waals surface area (Å²) in [6.07, 6.45) is 0. The van der Waals surface area contributed by atoms with E-state index in [0.29, 0.717) is 23.3 Å². The minimum Gasteiger partial charge on any atom is -0.419 e. The quantitative estimate of drug-likeness (QED) is 0.807. The Morgan fingerprint density at radius 2 is 2.05 bits per heavy atom. The van der Waals surface area contributed by atoms with Crippen molar-refractivity contribution in [1.29, 1.82) is 0 Å². The summed E-state index contributed by atoms with van der Waals surface area (Å²) in [5.41, 5.74) is 0.848. The van der Waals surface area contributed by atoms with Gasteiger partial charge in [-0.2, -0.15) is 0 Å². The third-order valence-electron chi connectivity index (χ3n) is 2.40. The van der Waals surface area contributed by atoms with E-state index in [2.05, 4.69) is 58.9 Å². The zero-order valence-corrected chi connectivity index (χ0v) is 13.9. The molecule has 0 aliphatic carbocycles. The fourth-order valence-corrected chi connectivity index (χ4v) is 1.93. The number of hydrogen-bond acceptors (Lipinski definition) is 4. The van der Waals surface area contributed by atoms with E-state index in [1.807, 2.05) is 18.2 Å². The van der Waals surface area contributed by atoms with E-state index in [0.717, 1.165) is 9.13 Å². The Morgan fingerprint density at radius 3 is 2.68 bits per heavy atom. The first kappa shape index (κ1) is 14.7. The van der Waals surface area contributed by atoms with Crippen LogP contribution in [0.5, 0.6) is 0 Å². The molecule has 1 heterocycles. The molecule has 0 aliphatic rings. The Labute approximate surface area is 131 Å². The molecule has 0 aliphatic heterocycles. The second-order valence-corrected chi connectivity index (χ2v) is 6.80. The highest BCUT2D eigenvalue weighted by atomic mass is 127. The standard InChI is InChI=1S/C13H15ClIN3O/c1-13(2,3)16-7-11-17-18-12(19-11)8-4-5-10(15)9(14)6-8/h4-6,16H,7H2,1-3H3. The molecule has 4 nitrogen and oxygen atoms in total. The largest absolute Gasteiger partial charge is 0.419 e. The molecule has 1 N–H and O–H groups in total. The molecule has 0 bridgehead atoms. The summed E-state index contributed by atoms with van der Waals surface area (Å²) >= 11 is 8.26. The van der Waals surface area contributed by atoms with Gasteiger partial charge in [0.15, 0.2) is 0 Å². The number of rotatable bonds is 3. The van der Waals surface area contributed by atoms with Gasteiger partial charge in [0, 0.05) is 14.7 Å². The van der Waals surface area contributed by atoms with Gasteiger partial charge >= 0.3 is 0 Å². The summed E-state index contributed by atoms with van der Waals surface area (Å²) in [7, 11) is 0. The number of aromatic nitrogens is 2. The van der Waals surface area contributed by atoms with Gasteiger partial charge in [0.05, 0.1) is 11.6 Å². The number of nitrogens with zero attached hydrogens (tertiary/aromatic N) is 2. The van der Waals surface area contributed by atoms with Crippen LogP contribution < -0.4 is 5.32 Å². The van der Waals surface area contributed by atoms with Gasteiger partial charge < -0.3 is 9.73 Å². The molecule has 1 aromatic heterocycles. The van der Waals surface area contributed by atoms with Crippen molar-refractivity contribution in [2.24, 2.45) is 0 Å². The van der Waals surface area contributed by atoms with Crippen LogP contribution in [0.4, 0.5) is 0 Å². The molecule has 0 saturated carbocycles. The van der Waals surface area contributed by atoms with Crippen LogP contribution in [-0.2, 0) is 6.54 Å². The van der Waals surface area contributed by atoms with Gasteiger partial charge in [-0.25, -0.2) is 0 Å². The monoisotopic (exact) mass is 391 g/mol. The van der Waals surface area contributed by atoms with Gasteiger partial charge in [-0.3, -0.25) is 0 Å². The molecule has 19 heavy (non-hydrogen) atoms. The Morgan fingerprint density at radius 1 is 1.32 bits per heavy atom. The Balaban J connectivity index is 2.14. The van der Waals surface area contributed by atoms with E-state index >= 15 is 0 Å². The second kappa shape index (κ2) is 5.76. The first-order valence-corrected chi connectivity index (χ1v) is 7.34. The number of nitrogens with one attached hydrogen (secondary N) is 1. The van der Waals surface area contributed by atoms with Gasteiger partial charge in [0.2, 0.25) is 11.8 Å². The van der Waals surface area contributed by atoms with Crippen molar-refractivity contribution in [1.82, 2.24) is 15.5 Å². The van der Waals surface area contributed by atoms with Gasteiger partial charge in [-0.05, 0) is 61.6 Å². The summed E-state index contributed by atoms with van der Waals surface area (Å²) in [5.74, 6) is 1.06. The molecule has 2 aromatic rings. The van der Waals surface area contributed by atoms with Gasteiger partial charge in [-0.1, -0.05) is 11.6 Å². The van der Waals surface area contributed by atoms with Crippen LogP contribution in [0.1, 0.15) is 26.7 Å². The molecule has 6 heteroatoms. The van der Waals surface area contributed by atoms with E-state index < -0.39 is 0 Å². The van der Waals surface area contributed by atoms with Crippen LogP contribution in [0.15, 0.2) is 22.6 Å². The van der Waals surface area contributed by atoms with Crippen LogP contribution in [0.2, 0.25) is 5.02 Å². The molecular formula is C13H15ClIN3O. The molecule has 0 saturated heterocycles. The number of benzene rings is 1. The van der Waals surface area contributed by atoms with Crippen molar-refractivity contribution in [2.45, 2.75) is 32.9 Å². The molecule has 0 amide bonds. The summed E-state index contributed by atoms with van der Waals surface area (Å²) in [6.45, 7) is 6.81.